The molecule has 0 saturated carbocycles. The molecule has 0 radical (unpaired) electrons. The zero-order valence-electron chi connectivity index (χ0n) is 7.46. The molecule has 0 aromatic carbocycles. The van der Waals surface area contributed by atoms with E-state index < -0.39 is 5.63 Å². The zero-order valence-corrected chi connectivity index (χ0v) is 8.27. The largest absolute Gasteiger partial charge is 0.427 e. The minimum Gasteiger partial charge on any atom is -0.427 e. The Kier molecular flexibility index (Phi) is 3.15. The second kappa shape index (κ2) is 4.15. The summed E-state index contributed by atoms with van der Waals surface area (Å²) in [6.07, 6.45) is 2.49. The van der Waals surface area contributed by atoms with Crippen molar-refractivity contribution in [3.63, 3.8) is 0 Å². The monoisotopic (exact) mass is 195 g/mol. The van der Waals surface area contributed by atoms with E-state index in [-0.39, 0.29) is 5.56 Å². The van der Waals surface area contributed by atoms with E-state index in [1.807, 2.05) is 19.2 Å². The molecular weight excluding hydrogens is 186 g/mol. The van der Waals surface area contributed by atoms with Crippen molar-refractivity contribution in [3.8, 4) is 6.07 Å². The first-order valence-corrected chi connectivity index (χ1v) is 5.06. The van der Waals surface area contributed by atoms with Crippen LogP contribution in [-0.4, -0.2) is 6.26 Å². The predicted octanol–water partition coefficient (Wildman–Crippen LogP) is 1.80. The van der Waals surface area contributed by atoms with Gasteiger partial charge in [-0.3, -0.25) is 0 Å². The Morgan fingerprint density at radius 2 is 2.38 bits per heavy atom. The molecule has 0 amide bonds. The first kappa shape index (κ1) is 9.87. The van der Waals surface area contributed by atoms with Crippen LogP contribution in [0, 0.1) is 11.3 Å². The average Bonchev–Trinajstić information content (AvgIpc) is 2.16. The summed E-state index contributed by atoms with van der Waals surface area (Å²) >= 11 is 1.38. The maximum Gasteiger partial charge on any atom is 0.355 e. The van der Waals surface area contributed by atoms with Crippen molar-refractivity contribution in [2.75, 3.05) is 6.26 Å². The summed E-state index contributed by atoms with van der Waals surface area (Å²) in [5.41, 5.74) is -0.434. The summed E-state index contributed by atoms with van der Waals surface area (Å²) in [4.78, 5) is 11.9. The van der Waals surface area contributed by atoms with Crippen LogP contribution in [0.3, 0.4) is 0 Å². The quantitative estimate of drug-likeness (QED) is 0.675. The molecule has 1 rings (SSSR count). The smallest absolute Gasteiger partial charge is 0.355 e. The molecule has 4 heteroatoms. The van der Waals surface area contributed by atoms with Crippen LogP contribution < -0.4 is 5.63 Å². The molecule has 13 heavy (non-hydrogen) atoms. The molecule has 1 aromatic rings. The van der Waals surface area contributed by atoms with Crippen LogP contribution >= 0.6 is 11.8 Å². The van der Waals surface area contributed by atoms with Gasteiger partial charge in [0.15, 0.2) is 5.56 Å². The van der Waals surface area contributed by atoms with E-state index in [0.717, 1.165) is 0 Å². The molecule has 0 aliphatic carbocycles. The Bertz CT molecular complexity index is 403. The van der Waals surface area contributed by atoms with Gasteiger partial charge in [-0.05, 0) is 12.3 Å². The summed E-state index contributed by atoms with van der Waals surface area (Å²) in [5.74, 6) is 0.619. The lowest BCUT2D eigenvalue weighted by molar-refractivity contribution is 0.458. The van der Waals surface area contributed by atoms with Crippen LogP contribution in [0.4, 0.5) is 0 Å². The van der Waals surface area contributed by atoms with Crippen molar-refractivity contribution in [1.82, 2.24) is 0 Å². The molecule has 0 atom stereocenters. The van der Waals surface area contributed by atoms with Gasteiger partial charge in [-0.1, -0.05) is 6.92 Å². The van der Waals surface area contributed by atoms with Crippen molar-refractivity contribution >= 4 is 11.8 Å². The van der Waals surface area contributed by atoms with Crippen molar-refractivity contribution in [2.45, 2.75) is 18.2 Å². The van der Waals surface area contributed by atoms with Crippen LogP contribution in [0.25, 0.3) is 0 Å². The fourth-order valence-electron chi connectivity index (χ4n) is 0.954. The lowest BCUT2D eigenvalue weighted by Gasteiger charge is -2.00. The minimum atomic E-state index is -0.536. The van der Waals surface area contributed by atoms with Gasteiger partial charge >= 0.3 is 5.63 Å². The SMILES string of the molecule is CCc1cc(SC)c(C#N)c(=O)o1. The highest BCUT2D eigenvalue weighted by Gasteiger charge is 2.09. The van der Waals surface area contributed by atoms with Gasteiger partial charge in [0, 0.05) is 11.3 Å². The highest BCUT2D eigenvalue weighted by molar-refractivity contribution is 7.98. The molecular formula is C9H9NO2S. The summed E-state index contributed by atoms with van der Waals surface area (Å²) in [6.45, 7) is 1.90. The minimum absolute atomic E-state index is 0.102. The number of hydrogen-bond donors (Lipinski definition) is 0. The van der Waals surface area contributed by atoms with Gasteiger partial charge < -0.3 is 4.42 Å². The first-order valence-electron chi connectivity index (χ1n) is 3.84. The van der Waals surface area contributed by atoms with Gasteiger partial charge in [-0.15, -0.1) is 11.8 Å². The predicted molar refractivity (Wildman–Crippen MR) is 50.9 cm³/mol. The van der Waals surface area contributed by atoms with Crippen LogP contribution in [0.15, 0.2) is 20.2 Å². The van der Waals surface area contributed by atoms with Gasteiger partial charge in [0.1, 0.15) is 11.8 Å². The van der Waals surface area contributed by atoms with Crippen molar-refractivity contribution in [1.29, 1.82) is 5.26 Å². The number of aryl methyl sites for hydroxylation is 1. The van der Waals surface area contributed by atoms with Crippen LogP contribution in [0.1, 0.15) is 18.2 Å². The van der Waals surface area contributed by atoms with Crippen molar-refractivity contribution < 1.29 is 4.42 Å². The Hall–Kier alpha value is -1.21. The second-order valence-corrected chi connectivity index (χ2v) is 3.26. The Morgan fingerprint density at radius 3 is 2.85 bits per heavy atom. The second-order valence-electron chi connectivity index (χ2n) is 2.41. The molecule has 0 unspecified atom stereocenters. The van der Waals surface area contributed by atoms with Crippen LogP contribution in [0.5, 0.6) is 0 Å². The molecule has 0 fully saturated rings. The van der Waals surface area contributed by atoms with E-state index in [4.69, 9.17) is 9.68 Å². The molecule has 1 aromatic heterocycles. The molecule has 0 saturated heterocycles. The highest BCUT2D eigenvalue weighted by atomic mass is 32.2. The van der Waals surface area contributed by atoms with Gasteiger partial charge in [-0.25, -0.2) is 4.79 Å². The van der Waals surface area contributed by atoms with E-state index in [0.29, 0.717) is 17.1 Å². The number of thioether (sulfide) groups is 1. The summed E-state index contributed by atoms with van der Waals surface area (Å²) in [6, 6.07) is 3.58. The molecule has 0 bridgehead atoms. The topological polar surface area (TPSA) is 54.0 Å². The van der Waals surface area contributed by atoms with Crippen LogP contribution in [0.2, 0.25) is 0 Å². The van der Waals surface area contributed by atoms with Crippen LogP contribution in [-0.2, 0) is 6.42 Å². The Morgan fingerprint density at radius 1 is 1.69 bits per heavy atom. The van der Waals surface area contributed by atoms with Gasteiger partial charge in [0.25, 0.3) is 0 Å². The standard InChI is InChI=1S/C9H9NO2S/c1-3-6-4-8(13-2)7(5-10)9(11)12-6/h4H,3H2,1-2H3. The molecule has 0 aliphatic rings. The van der Waals surface area contributed by atoms with Gasteiger partial charge in [0.05, 0.1) is 0 Å². The number of nitriles is 1. The number of rotatable bonds is 2. The fraction of sp³-hybridized carbons (Fsp3) is 0.333. The highest BCUT2D eigenvalue weighted by Crippen LogP contribution is 2.18. The number of nitrogens with zero attached hydrogens (tertiary/aromatic N) is 1. The third-order valence-electron chi connectivity index (χ3n) is 1.65. The van der Waals surface area contributed by atoms with Gasteiger partial charge in [0.2, 0.25) is 0 Å². The maximum atomic E-state index is 11.2. The van der Waals surface area contributed by atoms with E-state index in [1.165, 1.54) is 11.8 Å². The molecule has 0 spiro atoms. The Labute approximate surface area is 80.4 Å². The fourth-order valence-corrected chi connectivity index (χ4v) is 1.54. The lowest BCUT2D eigenvalue weighted by Crippen LogP contribution is -2.07. The normalized spacial score (nSPS) is 9.62. The molecule has 3 nitrogen and oxygen atoms in total. The van der Waals surface area contributed by atoms with Crippen molar-refractivity contribution in [2.24, 2.45) is 0 Å². The molecule has 0 aliphatic heterocycles. The molecule has 0 N–H and O–H groups in total. The lowest BCUT2D eigenvalue weighted by atomic mass is 10.2. The molecule has 68 valence electrons. The van der Waals surface area contributed by atoms with Gasteiger partial charge in [-0.2, -0.15) is 5.26 Å². The van der Waals surface area contributed by atoms with E-state index in [2.05, 4.69) is 0 Å². The zero-order chi connectivity index (χ0) is 9.84. The van der Waals surface area contributed by atoms with E-state index in [1.54, 1.807) is 6.07 Å². The maximum absolute atomic E-state index is 11.2. The van der Waals surface area contributed by atoms with E-state index in [9.17, 15) is 4.79 Å². The van der Waals surface area contributed by atoms with E-state index >= 15 is 0 Å². The third kappa shape index (κ3) is 1.93. The Balaban J connectivity index is 3.40. The summed E-state index contributed by atoms with van der Waals surface area (Å²) < 4.78 is 4.90. The van der Waals surface area contributed by atoms with Crippen molar-refractivity contribution in [3.05, 3.63) is 27.8 Å². The average molecular weight is 195 g/mol. The number of hydrogen-bond acceptors (Lipinski definition) is 4. The first-order chi connectivity index (χ1) is 6.22. The summed E-state index contributed by atoms with van der Waals surface area (Å²) in [7, 11) is 0. The third-order valence-corrected chi connectivity index (χ3v) is 2.41. The molecule has 1 heterocycles. The summed E-state index contributed by atoms with van der Waals surface area (Å²) in [5, 5.41) is 8.67.